The van der Waals surface area contributed by atoms with Crippen molar-refractivity contribution in [1.82, 2.24) is 0 Å². The first kappa shape index (κ1) is 19.5. The molecule has 2 aromatic rings. The Balaban J connectivity index is 1.82. The monoisotopic (exact) mass is 429 g/mol. The van der Waals surface area contributed by atoms with Crippen LogP contribution in [0.5, 0.6) is 0 Å². The van der Waals surface area contributed by atoms with Gasteiger partial charge in [-0.05, 0) is 30.7 Å². The van der Waals surface area contributed by atoms with Crippen molar-refractivity contribution in [3.63, 3.8) is 0 Å². The summed E-state index contributed by atoms with van der Waals surface area (Å²) >= 11 is 13.6. The van der Waals surface area contributed by atoms with Gasteiger partial charge in [0.15, 0.2) is 9.84 Å². The zero-order valence-corrected chi connectivity index (χ0v) is 16.9. The number of sulfone groups is 1. The number of halogens is 2. The summed E-state index contributed by atoms with van der Waals surface area (Å²) in [6.45, 7) is 0. The van der Waals surface area contributed by atoms with E-state index in [-0.39, 0.29) is 29.2 Å². The minimum Gasteiger partial charge on any atom is -0.308 e. The van der Waals surface area contributed by atoms with E-state index >= 15 is 0 Å². The topological polar surface area (TPSA) is 54.5 Å². The smallest absolute Gasteiger partial charge is 0.237 e. The maximum absolute atomic E-state index is 13.0. The molecule has 0 N–H and O–H groups in total. The highest BCUT2D eigenvalue weighted by molar-refractivity contribution is 8.00. The number of rotatable bonds is 5. The summed E-state index contributed by atoms with van der Waals surface area (Å²) in [5.41, 5.74) is 0.699. The molecule has 0 spiro atoms. The van der Waals surface area contributed by atoms with Crippen LogP contribution in [0, 0.1) is 0 Å². The molecule has 3 rings (SSSR count). The second-order valence-electron chi connectivity index (χ2n) is 6.00. The second-order valence-corrected chi connectivity index (χ2v) is 10.0. The molecule has 4 nitrogen and oxygen atoms in total. The Morgan fingerprint density at radius 2 is 1.73 bits per heavy atom. The molecular weight excluding hydrogens is 413 g/mol. The van der Waals surface area contributed by atoms with Crippen LogP contribution in [-0.4, -0.2) is 37.6 Å². The Bertz CT molecular complexity index is 884. The molecule has 0 aliphatic carbocycles. The van der Waals surface area contributed by atoms with Gasteiger partial charge in [-0.2, -0.15) is 0 Å². The SMILES string of the molecule is O=C(CSc1c(Cl)cccc1Cl)N(c1ccccc1)[C@H]1CCS(=O)(=O)C1. The highest BCUT2D eigenvalue weighted by Gasteiger charge is 2.35. The molecule has 26 heavy (non-hydrogen) atoms. The van der Waals surface area contributed by atoms with E-state index in [1.165, 1.54) is 11.8 Å². The van der Waals surface area contributed by atoms with Gasteiger partial charge in [-0.1, -0.05) is 47.5 Å². The lowest BCUT2D eigenvalue weighted by molar-refractivity contribution is -0.116. The summed E-state index contributed by atoms with van der Waals surface area (Å²) in [4.78, 5) is 15.2. The molecule has 0 saturated carbocycles. The minimum absolute atomic E-state index is 0.00878. The lowest BCUT2D eigenvalue weighted by Crippen LogP contribution is -2.42. The van der Waals surface area contributed by atoms with Gasteiger partial charge in [-0.15, -0.1) is 11.8 Å². The van der Waals surface area contributed by atoms with E-state index in [4.69, 9.17) is 23.2 Å². The molecule has 0 aromatic heterocycles. The molecule has 1 aliphatic rings. The van der Waals surface area contributed by atoms with Crippen LogP contribution in [0.3, 0.4) is 0 Å². The molecule has 0 bridgehead atoms. The van der Waals surface area contributed by atoms with E-state index in [1.807, 2.05) is 30.3 Å². The Morgan fingerprint density at radius 3 is 2.31 bits per heavy atom. The van der Waals surface area contributed by atoms with Crippen molar-refractivity contribution in [1.29, 1.82) is 0 Å². The summed E-state index contributed by atoms with van der Waals surface area (Å²) in [6.07, 6.45) is 0.445. The molecular formula is C18H17Cl2NO3S2. The van der Waals surface area contributed by atoms with E-state index in [2.05, 4.69) is 0 Å². The number of benzene rings is 2. The molecule has 1 fully saturated rings. The molecule has 138 valence electrons. The molecule has 1 saturated heterocycles. The lowest BCUT2D eigenvalue weighted by atomic mass is 10.2. The van der Waals surface area contributed by atoms with Gasteiger partial charge in [0.25, 0.3) is 0 Å². The molecule has 1 amide bonds. The van der Waals surface area contributed by atoms with Gasteiger partial charge < -0.3 is 4.90 Å². The number of hydrogen-bond donors (Lipinski definition) is 0. The number of thioether (sulfide) groups is 1. The third kappa shape index (κ3) is 4.55. The van der Waals surface area contributed by atoms with Gasteiger partial charge in [0.1, 0.15) is 0 Å². The van der Waals surface area contributed by atoms with E-state index in [9.17, 15) is 13.2 Å². The Hall–Kier alpha value is -1.21. The molecule has 8 heteroatoms. The lowest BCUT2D eigenvalue weighted by Gasteiger charge is -2.28. The van der Waals surface area contributed by atoms with Gasteiger partial charge in [-0.3, -0.25) is 4.79 Å². The Labute approximate surface area is 167 Å². The van der Waals surface area contributed by atoms with Crippen molar-refractivity contribution in [2.45, 2.75) is 17.4 Å². The fourth-order valence-electron chi connectivity index (χ4n) is 2.95. The van der Waals surface area contributed by atoms with E-state index in [0.717, 1.165) is 0 Å². The number of amides is 1. The fraction of sp³-hybridized carbons (Fsp3) is 0.278. The molecule has 0 radical (unpaired) electrons. The molecule has 1 heterocycles. The molecule has 1 aliphatic heterocycles. The summed E-state index contributed by atoms with van der Waals surface area (Å²) in [6, 6.07) is 14.0. The summed E-state index contributed by atoms with van der Waals surface area (Å²) < 4.78 is 23.8. The third-order valence-corrected chi connectivity index (χ3v) is 7.86. The summed E-state index contributed by atoms with van der Waals surface area (Å²) in [7, 11) is -3.11. The van der Waals surface area contributed by atoms with Crippen LogP contribution >= 0.6 is 35.0 Å². The van der Waals surface area contributed by atoms with Crippen molar-refractivity contribution in [3.05, 3.63) is 58.6 Å². The largest absolute Gasteiger partial charge is 0.308 e. The number of anilines is 1. The first-order chi connectivity index (χ1) is 12.4. The maximum atomic E-state index is 13.0. The van der Waals surface area contributed by atoms with Crippen molar-refractivity contribution >= 4 is 56.4 Å². The van der Waals surface area contributed by atoms with Crippen LogP contribution in [0.1, 0.15) is 6.42 Å². The highest BCUT2D eigenvalue weighted by Crippen LogP contribution is 2.34. The quantitative estimate of drug-likeness (QED) is 0.664. The second kappa shape index (κ2) is 8.21. The molecule has 1 atom stereocenters. The predicted octanol–water partition coefficient (Wildman–Crippen LogP) is 4.31. The van der Waals surface area contributed by atoms with Crippen LogP contribution in [0.25, 0.3) is 0 Å². The predicted molar refractivity (Wildman–Crippen MR) is 108 cm³/mol. The molecule has 0 unspecified atom stereocenters. The van der Waals surface area contributed by atoms with Crippen molar-refractivity contribution in [2.75, 3.05) is 22.2 Å². The van der Waals surface area contributed by atoms with Gasteiger partial charge >= 0.3 is 0 Å². The van der Waals surface area contributed by atoms with Gasteiger partial charge in [0.2, 0.25) is 5.91 Å². The van der Waals surface area contributed by atoms with Gasteiger partial charge in [0, 0.05) is 10.6 Å². The van der Waals surface area contributed by atoms with Gasteiger partial charge in [0.05, 0.1) is 33.3 Å². The fourth-order valence-corrected chi connectivity index (χ4v) is 6.19. The van der Waals surface area contributed by atoms with Crippen LogP contribution in [0.15, 0.2) is 53.4 Å². The van der Waals surface area contributed by atoms with Crippen LogP contribution in [0.4, 0.5) is 5.69 Å². The van der Waals surface area contributed by atoms with E-state index in [0.29, 0.717) is 27.0 Å². The van der Waals surface area contributed by atoms with Crippen molar-refractivity contribution in [2.24, 2.45) is 0 Å². The van der Waals surface area contributed by atoms with Crippen LogP contribution in [0.2, 0.25) is 10.0 Å². The van der Waals surface area contributed by atoms with Crippen molar-refractivity contribution < 1.29 is 13.2 Å². The normalized spacial score (nSPS) is 18.6. The average molecular weight is 430 g/mol. The summed E-state index contributed by atoms with van der Waals surface area (Å²) in [5, 5.41) is 0.981. The number of carbonyl (C=O) groups is 1. The number of para-hydroxylation sites is 1. The van der Waals surface area contributed by atoms with Crippen LogP contribution < -0.4 is 4.90 Å². The average Bonchev–Trinajstić information content (AvgIpc) is 2.95. The number of carbonyl (C=O) groups excluding carboxylic acids is 1. The number of hydrogen-bond acceptors (Lipinski definition) is 4. The van der Waals surface area contributed by atoms with Gasteiger partial charge in [-0.25, -0.2) is 8.42 Å². The molecule has 2 aromatic carbocycles. The van der Waals surface area contributed by atoms with E-state index < -0.39 is 9.84 Å². The minimum atomic E-state index is -3.11. The Kier molecular flexibility index (Phi) is 6.17. The zero-order valence-electron chi connectivity index (χ0n) is 13.8. The Morgan fingerprint density at radius 1 is 1.08 bits per heavy atom. The third-order valence-electron chi connectivity index (χ3n) is 4.14. The van der Waals surface area contributed by atoms with Crippen LogP contribution in [-0.2, 0) is 14.6 Å². The first-order valence-corrected chi connectivity index (χ1v) is 11.6. The number of nitrogens with zero attached hydrogens (tertiary/aromatic N) is 1. The van der Waals surface area contributed by atoms with Crippen molar-refractivity contribution in [3.8, 4) is 0 Å². The standard InChI is InChI=1S/C18H17Cl2NO3S2/c19-15-7-4-8-16(20)18(15)25-11-17(22)21(13-5-2-1-3-6-13)14-9-10-26(23,24)12-14/h1-8,14H,9-12H2/t14-/m0/s1. The van der Waals surface area contributed by atoms with E-state index in [1.54, 1.807) is 23.1 Å². The first-order valence-electron chi connectivity index (χ1n) is 8.02. The highest BCUT2D eigenvalue weighted by atomic mass is 35.5. The zero-order chi connectivity index (χ0) is 18.7. The summed E-state index contributed by atoms with van der Waals surface area (Å²) in [5.74, 6) is 0.0527. The maximum Gasteiger partial charge on any atom is 0.237 e.